The molecule has 1 aliphatic heterocycles. The highest BCUT2D eigenvalue weighted by Gasteiger charge is 2.46. The van der Waals surface area contributed by atoms with Crippen molar-refractivity contribution >= 4 is 33.5 Å². The minimum Gasteiger partial charge on any atom is -0.424 e. The molecule has 4 nitrogen and oxygen atoms in total. The lowest BCUT2D eigenvalue weighted by Crippen LogP contribution is -2.38. The molecule has 1 rings (SSSR count). The Hall–Kier alpha value is -0.153. The van der Waals surface area contributed by atoms with E-state index in [1.165, 1.54) is 6.08 Å². The van der Waals surface area contributed by atoms with E-state index in [0.717, 1.165) is 0 Å². The molecule has 0 amide bonds. The molecule has 1 fully saturated rings. The number of carbonyl (C=O) groups is 1. The highest BCUT2D eigenvalue weighted by Crippen LogP contribution is 2.28. The van der Waals surface area contributed by atoms with Crippen LogP contribution in [-0.2, 0) is 14.2 Å². The summed E-state index contributed by atoms with van der Waals surface area (Å²) in [5.41, 5.74) is -2.09. The third-order valence-electron chi connectivity index (χ3n) is 2.50. The average molecular weight is 374 g/mol. The topological polar surface area (TPSA) is 44.8 Å². The number of cyclic esters (lactones) is 2. The molecule has 7 heteroatoms. The van der Waals surface area contributed by atoms with Crippen LogP contribution in [0.3, 0.4) is 0 Å². The normalized spacial score (nSPS) is 30.1. The summed E-state index contributed by atoms with van der Waals surface area (Å²) >= 11 is 2.13. The standard InChI is InChI=1S/C10H16FIO4Si/c1-7-10(2,16-9(13)15-7)14-6-5-8(11)17(3,4)12/h5,7H,6H2,1-4H3/b8-5+. The molecule has 1 heterocycles. The molecule has 98 valence electrons. The molecule has 1 aliphatic rings. The smallest absolute Gasteiger partial charge is 0.424 e. The zero-order valence-corrected chi connectivity index (χ0v) is 13.4. The van der Waals surface area contributed by atoms with Gasteiger partial charge in [0.25, 0.3) is 5.79 Å². The second-order valence-electron chi connectivity index (χ2n) is 4.46. The first kappa shape index (κ1) is 14.9. The molecule has 0 radical (unpaired) electrons. The monoisotopic (exact) mass is 374 g/mol. The minimum atomic E-state index is -1.95. The van der Waals surface area contributed by atoms with Crippen molar-refractivity contribution in [3.63, 3.8) is 0 Å². The van der Waals surface area contributed by atoms with Crippen LogP contribution in [0, 0.1) is 0 Å². The predicted molar refractivity (Wildman–Crippen MR) is 72.1 cm³/mol. The van der Waals surface area contributed by atoms with Gasteiger partial charge in [0.1, 0.15) is 0 Å². The lowest BCUT2D eigenvalue weighted by atomic mass is 10.2. The van der Waals surface area contributed by atoms with E-state index in [4.69, 9.17) is 14.2 Å². The van der Waals surface area contributed by atoms with Crippen LogP contribution in [0.5, 0.6) is 0 Å². The lowest BCUT2D eigenvalue weighted by Gasteiger charge is -2.23. The van der Waals surface area contributed by atoms with Crippen molar-refractivity contribution in [2.24, 2.45) is 0 Å². The molecule has 0 saturated carbocycles. The van der Waals surface area contributed by atoms with E-state index < -0.39 is 23.6 Å². The maximum Gasteiger partial charge on any atom is 0.511 e. The van der Waals surface area contributed by atoms with Gasteiger partial charge in [-0.05, 0) is 13.0 Å². The number of carbonyl (C=O) groups excluding carboxylic acids is 1. The Labute approximate surface area is 114 Å². The largest absolute Gasteiger partial charge is 0.511 e. The summed E-state index contributed by atoms with van der Waals surface area (Å²) in [5, 5.41) is 0. The zero-order chi connectivity index (χ0) is 13.3. The Morgan fingerprint density at radius 1 is 1.71 bits per heavy atom. The minimum absolute atomic E-state index is 0.0583. The Bertz CT molecular complexity index is 342. The second-order valence-corrected chi connectivity index (χ2v) is 16.0. The second kappa shape index (κ2) is 5.23. The summed E-state index contributed by atoms with van der Waals surface area (Å²) in [6.07, 6.45) is 0.132. The van der Waals surface area contributed by atoms with Crippen molar-refractivity contribution in [2.75, 3.05) is 6.61 Å². The van der Waals surface area contributed by atoms with Gasteiger partial charge in [0.2, 0.25) is 0 Å². The van der Waals surface area contributed by atoms with Gasteiger partial charge in [-0.2, -0.15) is 0 Å². The molecular formula is C10H16FIO4Si. The summed E-state index contributed by atoms with van der Waals surface area (Å²) in [5.74, 6) is -1.13. The fraction of sp³-hybridized carbons (Fsp3) is 0.700. The van der Waals surface area contributed by atoms with Gasteiger partial charge in [-0.3, -0.25) is 0 Å². The number of rotatable bonds is 4. The van der Waals surface area contributed by atoms with Crippen LogP contribution in [0.4, 0.5) is 9.18 Å². The van der Waals surface area contributed by atoms with Gasteiger partial charge in [-0.1, -0.05) is 13.1 Å². The number of ether oxygens (including phenoxy) is 3. The summed E-state index contributed by atoms with van der Waals surface area (Å²) < 4.78 is 28.7. The van der Waals surface area contributed by atoms with Crippen LogP contribution in [0.15, 0.2) is 11.5 Å². The third-order valence-corrected chi connectivity index (χ3v) is 5.38. The van der Waals surface area contributed by atoms with Gasteiger partial charge in [0, 0.05) is 6.92 Å². The first-order chi connectivity index (χ1) is 7.65. The van der Waals surface area contributed by atoms with E-state index in [1.807, 2.05) is 13.1 Å². The van der Waals surface area contributed by atoms with E-state index in [9.17, 15) is 9.18 Å². The predicted octanol–water partition coefficient (Wildman–Crippen LogP) is 3.31. The Morgan fingerprint density at radius 3 is 2.71 bits per heavy atom. The molecular weight excluding hydrogens is 358 g/mol. The van der Waals surface area contributed by atoms with Crippen LogP contribution in [0.25, 0.3) is 0 Å². The first-order valence-corrected chi connectivity index (χ1v) is 11.4. The van der Waals surface area contributed by atoms with Crippen LogP contribution < -0.4 is 0 Å². The first-order valence-electron chi connectivity index (χ1n) is 5.24. The van der Waals surface area contributed by atoms with Crippen molar-refractivity contribution in [3.8, 4) is 0 Å². The van der Waals surface area contributed by atoms with Gasteiger partial charge >= 0.3 is 6.16 Å². The fourth-order valence-corrected chi connectivity index (χ4v) is 2.42. The van der Waals surface area contributed by atoms with E-state index in [-0.39, 0.29) is 12.1 Å². The molecule has 0 aromatic heterocycles. The van der Waals surface area contributed by atoms with Gasteiger partial charge in [-0.25, -0.2) is 9.18 Å². The Balaban J connectivity index is 2.55. The van der Waals surface area contributed by atoms with Gasteiger partial charge in [-0.15, -0.1) is 21.8 Å². The molecule has 0 aromatic rings. The average Bonchev–Trinajstić information content (AvgIpc) is 2.39. The van der Waals surface area contributed by atoms with Crippen molar-refractivity contribution in [2.45, 2.75) is 38.8 Å². The van der Waals surface area contributed by atoms with Crippen molar-refractivity contribution in [3.05, 3.63) is 11.5 Å². The summed E-state index contributed by atoms with van der Waals surface area (Å²) in [6, 6.07) is 0. The molecule has 2 unspecified atom stereocenters. The number of hydrogen-bond acceptors (Lipinski definition) is 4. The molecule has 0 aromatic carbocycles. The van der Waals surface area contributed by atoms with Crippen molar-refractivity contribution in [1.29, 1.82) is 0 Å². The van der Waals surface area contributed by atoms with E-state index in [1.54, 1.807) is 13.8 Å². The van der Waals surface area contributed by atoms with E-state index in [2.05, 4.69) is 21.8 Å². The summed E-state index contributed by atoms with van der Waals surface area (Å²) in [6.45, 7) is 7.11. The molecule has 0 N–H and O–H groups in total. The SMILES string of the molecule is CC1OC(=O)OC1(C)OC/C=C(\F)[Si](C)(C)I. The molecule has 0 bridgehead atoms. The quantitative estimate of drug-likeness (QED) is 0.328. The number of halogens is 2. The lowest BCUT2D eigenvalue weighted by molar-refractivity contribution is -0.179. The van der Waals surface area contributed by atoms with Crippen molar-refractivity contribution in [1.82, 2.24) is 0 Å². The summed E-state index contributed by atoms with van der Waals surface area (Å²) in [7, 11) is 0. The van der Waals surface area contributed by atoms with Crippen LogP contribution in [-0.4, -0.2) is 30.2 Å². The van der Waals surface area contributed by atoms with Crippen LogP contribution >= 0.6 is 21.8 Å². The highest BCUT2D eigenvalue weighted by atomic mass is 127. The van der Waals surface area contributed by atoms with E-state index >= 15 is 0 Å². The Kier molecular flexibility index (Phi) is 4.58. The maximum atomic E-state index is 13.6. The maximum absolute atomic E-state index is 13.6. The fourth-order valence-electron chi connectivity index (χ4n) is 1.19. The molecule has 0 spiro atoms. The molecule has 2 atom stereocenters. The third kappa shape index (κ3) is 3.92. The highest BCUT2D eigenvalue weighted by molar-refractivity contribution is 14.1. The molecule has 1 saturated heterocycles. The molecule has 17 heavy (non-hydrogen) atoms. The summed E-state index contributed by atoms with van der Waals surface area (Å²) in [4.78, 5) is 10.9. The van der Waals surface area contributed by atoms with Crippen molar-refractivity contribution < 1.29 is 23.4 Å². The molecule has 0 aliphatic carbocycles. The van der Waals surface area contributed by atoms with Crippen LogP contribution in [0.2, 0.25) is 13.1 Å². The van der Waals surface area contributed by atoms with Gasteiger partial charge in [0.05, 0.1) is 12.1 Å². The Morgan fingerprint density at radius 2 is 2.29 bits per heavy atom. The van der Waals surface area contributed by atoms with Gasteiger partial charge < -0.3 is 14.2 Å². The zero-order valence-electron chi connectivity index (χ0n) is 10.3. The van der Waals surface area contributed by atoms with E-state index in [0.29, 0.717) is 0 Å². The van der Waals surface area contributed by atoms with Crippen LogP contribution in [0.1, 0.15) is 13.8 Å². The van der Waals surface area contributed by atoms with Gasteiger partial charge in [0.15, 0.2) is 11.7 Å². The number of hydrogen-bond donors (Lipinski definition) is 0.